The number of benzene rings is 1. The summed E-state index contributed by atoms with van der Waals surface area (Å²) in [5, 5.41) is 0.283. The maximum Gasteiger partial charge on any atom is 0.192 e. The number of rotatable bonds is 2. The minimum Gasteiger partial charge on any atom is -0.410 e. The maximum absolute atomic E-state index is 6.55. The summed E-state index contributed by atoms with van der Waals surface area (Å²) in [5.74, 6) is 0. The van der Waals surface area contributed by atoms with Crippen molar-refractivity contribution in [3.8, 4) is 0 Å². The summed E-state index contributed by atoms with van der Waals surface area (Å²) in [6.45, 7) is 11.6. The summed E-state index contributed by atoms with van der Waals surface area (Å²) in [6.07, 6.45) is 2.60. The first-order valence-corrected chi connectivity index (χ1v) is 10.4. The van der Waals surface area contributed by atoms with Gasteiger partial charge >= 0.3 is 0 Å². The molecule has 0 spiro atoms. The van der Waals surface area contributed by atoms with Gasteiger partial charge in [0.25, 0.3) is 0 Å². The number of aryl methyl sites for hydroxylation is 1. The van der Waals surface area contributed by atoms with Crippen molar-refractivity contribution in [3.05, 3.63) is 33.8 Å². The fourth-order valence-electron chi connectivity index (χ4n) is 2.20. The first kappa shape index (κ1) is 14.3. The molecule has 1 aliphatic carbocycles. The van der Waals surface area contributed by atoms with Crippen LogP contribution in [0.3, 0.4) is 0 Å². The quantitative estimate of drug-likeness (QED) is 0.656. The minimum absolute atomic E-state index is 0.283. The molecule has 100 valence electrons. The molecule has 0 N–H and O–H groups in total. The van der Waals surface area contributed by atoms with Crippen LogP contribution in [0.5, 0.6) is 0 Å². The Morgan fingerprint density at radius 2 is 1.94 bits per heavy atom. The van der Waals surface area contributed by atoms with Gasteiger partial charge in [0.2, 0.25) is 0 Å². The third kappa shape index (κ3) is 2.73. The topological polar surface area (TPSA) is 9.23 Å². The zero-order valence-corrected chi connectivity index (χ0v) is 14.6. The molecule has 1 atom stereocenters. The van der Waals surface area contributed by atoms with E-state index in [4.69, 9.17) is 4.43 Å². The van der Waals surface area contributed by atoms with E-state index in [9.17, 15) is 0 Å². The molecule has 0 aliphatic heterocycles. The van der Waals surface area contributed by atoms with Crippen LogP contribution in [0.15, 0.2) is 22.7 Å². The molecule has 1 aromatic carbocycles. The number of halogens is 1. The Morgan fingerprint density at radius 3 is 2.56 bits per heavy atom. The Labute approximate surface area is 120 Å². The minimum atomic E-state index is -1.66. The molecule has 0 saturated carbocycles. The lowest BCUT2D eigenvalue weighted by atomic mass is 10.1. The van der Waals surface area contributed by atoms with Crippen molar-refractivity contribution in [2.24, 2.45) is 0 Å². The molecule has 2 rings (SSSR count). The SMILES string of the molecule is CC(C)(C)[Si](C)(C)O[C@H]1CCc2cc(Br)ccc21. The van der Waals surface area contributed by atoms with Crippen LogP contribution in [0, 0.1) is 0 Å². The monoisotopic (exact) mass is 326 g/mol. The molecule has 0 saturated heterocycles. The Bertz CT molecular complexity index is 448. The molecular formula is C15H23BrOSi. The smallest absolute Gasteiger partial charge is 0.192 e. The van der Waals surface area contributed by atoms with E-state index >= 15 is 0 Å². The second-order valence-corrected chi connectivity index (χ2v) is 12.4. The standard InChI is InChI=1S/C15H23BrOSi/c1-15(2,3)18(4,5)17-14-9-6-11-10-12(16)7-8-13(11)14/h7-8,10,14H,6,9H2,1-5H3/t14-/m0/s1. The second-order valence-electron chi connectivity index (χ2n) is 6.75. The van der Waals surface area contributed by atoms with Crippen LogP contribution >= 0.6 is 15.9 Å². The molecule has 0 radical (unpaired) electrons. The van der Waals surface area contributed by atoms with Gasteiger partial charge < -0.3 is 4.43 Å². The molecule has 3 heteroatoms. The first-order chi connectivity index (χ1) is 8.21. The van der Waals surface area contributed by atoms with Crippen LogP contribution < -0.4 is 0 Å². The van der Waals surface area contributed by atoms with E-state index < -0.39 is 8.32 Å². The van der Waals surface area contributed by atoms with E-state index in [0.29, 0.717) is 6.10 Å². The van der Waals surface area contributed by atoms with E-state index in [1.54, 1.807) is 0 Å². The van der Waals surface area contributed by atoms with Crippen molar-refractivity contribution >= 4 is 24.2 Å². The van der Waals surface area contributed by atoms with Gasteiger partial charge in [-0.05, 0) is 54.2 Å². The lowest BCUT2D eigenvalue weighted by molar-refractivity contribution is 0.185. The van der Waals surface area contributed by atoms with E-state index in [1.807, 2.05) is 0 Å². The Hall–Kier alpha value is -0.123. The fourth-order valence-corrected chi connectivity index (χ4v) is 3.92. The molecule has 18 heavy (non-hydrogen) atoms. The van der Waals surface area contributed by atoms with E-state index in [1.165, 1.54) is 15.6 Å². The van der Waals surface area contributed by atoms with E-state index in [0.717, 1.165) is 12.8 Å². The first-order valence-electron chi connectivity index (χ1n) is 6.67. The number of hydrogen-bond acceptors (Lipinski definition) is 1. The summed E-state index contributed by atoms with van der Waals surface area (Å²) in [4.78, 5) is 0. The molecule has 1 aliphatic rings. The molecule has 0 aromatic heterocycles. The van der Waals surface area contributed by atoms with Gasteiger partial charge in [0.15, 0.2) is 8.32 Å². The zero-order valence-electron chi connectivity index (χ0n) is 12.0. The van der Waals surface area contributed by atoms with Gasteiger partial charge in [0.1, 0.15) is 0 Å². The van der Waals surface area contributed by atoms with Crippen LogP contribution in [0.1, 0.15) is 44.4 Å². The summed E-state index contributed by atoms with van der Waals surface area (Å²) in [6, 6.07) is 6.60. The number of hydrogen-bond donors (Lipinski definition) is 0. The molecule has 1 aromatic rings. The summed E-state index contributed by atoms with van der Waals surface area (Å²) >= 11 is 3.55. The van der Waals surface area contributed by atoms with Crippen LogP contribution in [0.4, 0.5) is 0 Å². The Morgan fingerprint density at radius 1 is 1.28 bits per heavy atom. The van der Waals surface area contributed by atoms with Crippen LogP contribution in [-0.4, -0.2) is 8.32 Å². The summed E-state index contributed by atoms with van der Waals surface area (Å²) < 4.78 is 7.73. The molecule has 0 fully saturated rings. The fraction of sp³-hybridized carbons (Fsp3) is 0.600. The molecule has 0 amide bonds. The average molecular weight is 327 g/mol. The largest absolute Gasteiger partial charge is 0.410 e. The van der Waals surface area contributed by atoms with Gasteiger partial charge in [-0.3, -0.25) is 0 Å². The summed E-state index contributed by atoms with van der Waals surface area (Å²) in [5.41, 5.74) is 2.86. The van der Waals surface area contributed by atoms with Gasteiger partial charge in [-0.25, -0.2) is 0 Å². The molecule has 1 nitrogen and oxygen atoms in total. The molecular weight excluding hydrogens is 304 g/mol. The predicted molar refractivity (Wildman–Crippen MR) is 83.5 cm³/mol. The van der Waals surface area contributed by atoms with Gasteiger partial charge in [-0.2, -0.15) is 0 Å². The maximum atomic E-state index is 6.55. The van der Waals surface area contributed by atoms with Crippen molar-refractivity contribution in [2.45, 2.75) is 57.8 Å². The lowest BCUT2D eigenvalue weighted by Crippen LogP contribution is -2.41. The average Bonchev–Trinajstić information content (AvgIpc) is 2.58. The van der Waals surface area contributed by atoms with Crippen molar-refractivity contribution in [3.63, 3.8) is 0 Å². The summed E-state index contributed by atoms with van der Waals surface area (Å²) in [7, 11) is -1.66. The number of fused-ring (bicyclic) bond motifs is 1. The van der Waals surface area contributed by atoms with Crippen LogP contribution in [0.2, 0.25) is 18.1 Å². The van der Waals surface area contributed by atoms with Crippen LogP contribution in [-0.2, 0) is 10.8 Å². The Balaban J connectivity index is 2.20. The highest BCUT2D eigenvalue weighted by atomic mass is 79.9. The van der Waals surface area contributed by atoms with Crippen LogP contribution in [0.25, 0.3) is 0 Å². The third-order valence-corrected chi connectivity index (χ3v) is 9.35. The molecule has 0 bridgehead atoms. The van der Waals surface area contributed by atoms with Crippen molar-refractivity contribution in [1.82, 2.24) is 0 Å². The van der Waals surface area contributed by atoms with E-state index in [-0.39, 0.29) is 5.04 Å². The highest BCUT2D eigenvalue weighted by Gasteiger charge is 2.40. The van der Waals surface area contributed by atoms with Crippen molar-refractivity contribution < 1.29 is 4.43 Å². The van der Waals surface area contributed by atoms with Gasteiger partial charge in [-0.1, -0.05) is 42.8 Å². The zero-order chi connectivity index (χ0) is 13.6. The van der Waals surface area contributed by atoms with Gasteiger partial charge in [-0.15, -0.1) is 0 Å². The van der Waals surface area contributed by atoms with Crippen molar-refractivity contribution in [1.29, 1.82) is 0 Å². The van der Waals surface area contributed by atoms with Crippen molar-refractivity contribution in [2.75, 3.05) is 0 Å². The predicted octanol–water partition coefficient (Wildman–Crippen LogP) is 5.46. The van der Waals surface area contributed by atoms with Gasteiger partial charge in [0, 0.05) is 4.47 Å². The highest BCUT2D eigenvalue weighted by molar-refractivity contribution is 9.10. The normalized spacial score (nSPS) is 20.0. The Kier molecular flexibility index (Phi) is 3.78. The van der Waals surface area contributed by atoms with Gasteiger partial charge in [0.05, 0.1) is 6.10 Å². The highest BCUT2D eigenvalue weighted by Crippen LogP contribution is 2.43. The van der Waals surface area contributed by atoms with E-state index in [2.05, 4.69) is 68.0 Å². The lowest BCUT2D eigenvalue weighted by Gasteiger charge is -2.38. The second kappa shape index (κ2) is 4.77. The molecule has 0 heterocycles. The molecule has 0 unspecified atom stereocenters. The third-order valence-electron chi connectivity index (χ3n) is 4.37.